The second-order valence-electron chi connectivity index (χ2n) is 8.63. The van der Waals surface area contributed by atoms with Crippen molar-refractivity contribution in [3.63, 3.8) is 0 Å². The van der Waals surface area contributed by atoms with Gasteiger partial charge in [-0.25, -0.2) is 0 Å². The topological polar surface area (TPSA) is 20.2 Å². The second kappa shape index (κ2) is 7.24. The van der Waals surface area contributed by atoms with Gasteiger partial charge in [0.15, 0.2) is 0 Å². The van der Waals surface area contributed by atoms with Gasteiger partial charge >= 0.3 is 0 Å². The van der Waals surface area contributed by atoms with E-state index in [4.69, 9.17) is 23.2 Å². The van der Waals surface area contributed by atoms with Gasteiger partial charge in [0.05, 0.1) is 0 Å². The number of rotatable bonds is 2. The average Bonchev–Trinajstić information content (AvgIpc) is 2.78. The van der Waals surface area contributed by atoms with Crippen molar-refractivity contribution in [2.24, 2.45) is 0 Å². The molecule has 0 heterocycles. The van der Waals surface area contributed by atoms with Gasteiger partial charge in [-0.3, -0.25) is 0 Å². The van der Waals surface area contributed by atoms with Gasteiger partial charge in [-0.05, 0) is 57.6 Å². The third-order valence-electron chi connectivity index (χ3n) is 6.49. The molecule has 1 N–H and O–H groups in total. The van der Waals surface area contributed by atoms with Gasteiger partial charge in [0.1, 0.15) is 5.60 Å². The molecule has 0 saturated carbocycles. The molecule has 0 amide bonds. The monoisotopic (exact) mass is 444 g/mol. The summed E-state index contributed by atoms with van der Waals surface area (Å²) >= 11 is 12.7. The summed E-state index contributed by atoms with van der Waals surface area (Å²) in [5.74, 6) is 0. The Labute approximate surface area is 192 Å². The molecule has 1 aliphatic carbocycles. The van der Waals surface area contributed by atoms with Gasteiger partial charge in [-0.1, -0.05) is 104 Å². The van der Waals surface area contributed by atoms with E-state index >= 15 is 0 Å². The molecule has 1 nitrogen and oxygen atoms in total. The Balaban J connectivity index is 1.89. The highest BCUT2D eigenvalue weighted by Crippen LogP contribution is 2.53. The minimum absolute atomic E-state index is 0.234. The van der Waals surface area contributed by atoms with Crippen LogP contribution >= 0.6 is 23.2 Å². The van der Waals surface area contributed by atoms with Crippen molar-refractivity contribution in [3.8, 4) is 11.1 Å². The Morgan fingerprint density at radius 2 is 1.13 bits per heavy atom. The van der Waals surface area contributed by atoms with Crippen molar-refractivity contribution in [1.29, 1.82) is 0 Å². The fraction of sp³-hybridized carbons (Fsp3) is 0.143. The van der Waals surface area contributed by atoms with Crippen LogP contribution in [0.5, 0.6) is 0 Å². The van der Waals surface area contributed by atoms with E-state index in [9.17, 15) is 5.11 Å². The standard InChI is InChI=1S/C28H22Cl2O/c1-27(2)23-10-3-5-12-25(23)28(31,26-13-6-4-11-24(26)27)22-15-14-20(30)17-21(22)18-8-7-9-19(29)16-18/h3-17,31H,1-2H3. The van der Waals surface area contributed by atoms with Crippen LogP contribution in [-0.4, -0.2) is 5.11 Å². The third-order valence-corrected chi connectivity index (χ3v) is 6.96. The van der Waals surface area contributed by atoms with Crippen LogP contribution < -0.4 is 0 Å². The average molecular weight is 445 g/mol. The minimum atomic E-state index is -1.33. The zero-order valence-corrected chi connectivity index (χ0v) is 18.9. The molecule has 0 aromatic heterocycles. The van der Waals surface area contributed by atoms with Gasteiger partial charge in [-0.15, -0.1) is 0 Å². The molecule has 0 fully saturated rings. The molecule has 3 heteroatoms. The maximum Gasteiger partial charge on any atom is 0.141 e. The second-order valence-corrected chi connectivity index (χ2v) is 9.50. The van der Waals surface area contributed by atoms with Crippen LogP contribution in [0.25, 0.3) is 11.1 Å². The van der Waals surface area contributed by atoms with Crippen molar-refractivity contribution in [3.05, 3.63) is 129 Å². The van der Waals surface area contributed by atoms with Gasteiger partial charge in [0.2, 0.25) is 0 Å². The Morgan fingerprint density at radius 1 is 0.581 bits per heavy atom. The van der Waals surface area contributed by atoms with E-state index < -0.39 is 5.60 Å². The molecule has 5 rings (SSSR count). The lowest BCUT2D eigenvalue weighted by atomic mass is 9.61. The van der Waals surface area contributed by atoms with Gasteiger partial charge < -0.3 is 5.11 Å². The molecule has 0 spiro atoms. The van der Waals surface area contributed by atoms with Crippen LogP contribution in [-0.2, 0) is 11.0 Å². The van der Waals surface area contributed by atoms with Crippen LogP contribution in [0.15, 0.2) is 91.0 Å². The van der Waals surface area contributed by atoms with Crippen molar-refractivity contribution in [1.82, 2.24) is 0 Å². The SMILES string of the molecule is CC1(C)c2ccccc2C(O)(c2ccc(Cl)cc2-c2cccc(Cl)c2)c2ccccc21. The van der Waals surface area contributed by atoms with E-state index in [0.29, 0.717) is 10.0 Å². The van der Waals surface area contributed by atoms with Crippen LogP contribution in [0.3, 0.4) is 0 Å². The summed E-state index contributed by atoms with van der Waals surface area (Å²) in [4.78, 5) is 0. The normalized spacial score (nSPS) is 15.8. The summed E-state index contributed by atoms with van der Waals surface area (Å²) in [6, 6.07) is 29.7. The Morgan fingerprint density at radius 3 is 1.71 bits per heavy atom. The van der Waals surface area contributed by atoms with E-state index in [0.717, 1.165) is 38.9 Å². The van der Waals surface area contributed by atoms with Crippen LogP contribution in [0, 0.1) is 0 Å². The molecule has 31 heavy (non-hydrogen) atoms. The van der Waals surface area contributed by atoms with Crippen molar-refractivity contribution >= 4 is 23.2 Å². The number of aliphatic hydroxyl groups is 1. The number of benzene rings is 4. The first-order valence-electron chi connectivity index (χ1n) is 10.3. The highest BCUT2D eigenvalue weighted by Gasteiger charge is 2.47. The van der Waals surface area contributed by atoms with Crippen molar-refractivity contribution < 1.29 is 5.11 Å². The maximum absolute atomic E-state index is 12.6. The lowest BCUT2D eigenvalue weighted by Crippen LogP contribution is -2.41. The van der Waals surface area contributed by atoms with E-state index in [1.54, 1.807) is 0 Å². The zero-order chi connectivity index (χ0) is 21.8. The molecular formula is C28H22Cl2O. The van der Waals surface area contributed by atoms with Crippen LogP contribution in [0.2, 0.25) is 10.0 Å². The summed E-state index contributed by atoms with van der Waals surface area (Å²) in [5, 5.41) is 13.9. The molecule has 154 valence electrons. The minimum Gasteiger partial charge on any atom is -0.376 e. The Kier molecular flexibility index (Phi) is 4.75. The van der Waals surface area contributed by atoms with Gasteiger partial charge in [-0.2, -0.15) is 0 Å². The molecule has 1 aliphatic rings. The van der Waals surface area contributed by atoms with Crippen molar-refractivity contribution in [2.45, 2.75) is 24.9 Å². The van der Waals surface area contributed by atoms with Crippen LogP contribution in [0.1, 0.15) is 41.7 Å². The van der Waals surface area contributed by atoms with E-state index in [1.165, 1.54) is 0 Å². The van der Waals surface area contributed by atoms with E-state index in [2.05, 4.69) is 26.0 Å². The zero-order valence-electron chi connectivity index (χ0n) is 17.4. The summed E-state index contributed by atoms with van der Waals surface area (Å²) in [5.41, 5.74) is 5.02. The Hall–Kier alpha value is -2.58. The third kappa shape index (κ3) is 3.03. The quantitative estimate of drug-likeness (QED) is 0.337. The number of fused-ring (bicyclic) bond motifs is 2. The summed E-state index contributed by atoms with van der Waals surface area (Å²) in [6.45, 7) is 4.42. The highest BCUT2D eigenvalue weighted by atomic mass is 35.5. The summed E-state index contributed by atoms with van der Waals surface area (Å²) < 4.78 is 0. The molecule has 4 aromatic carbocycles. The molecule has 0 atom stereocenters. The molecule has 0 aliphatic heterocycles. The Bertz CT molecular complexity index is 1260. The molecular weight excluding hydrogens is 423 g/mol. The fourth-order valence-electron chi connectivity index (χ4n) is 4.99. The van der Waals surface area contributed by atoms with Crippen molar-refractivity contribution in [2.75, 3.05) is 0 Å². The van der Waals surface area contributed by atoms with Gasteiger partial charge in [0.25, 0.3) is 0 Å². The first-order valence-corrected chi connectivity index (χ1v) is 11.1. The molecule has 0 bridgehead atoms. The number of hydrogen-bond donors (Lipinski definition) is 1. The molecule has 0 unspecified atom stereocenters. The highest BCUT2D eigenvalue weighted by molar-refractivity contribution is 6.31. The smallest absolute Gasteiger partial charge is 0.141 e. The van der Waals surface area contributed by atoms with Crippen LogP contribution in [0.4, 0.5) is 0 Å². The number of hydrogen-bond acceptors (Lipinski definition) is 1. The largest absolute Gasteiger partial charge is 0.376 e. The van der Waals surface area contributed by atoms with E-state index in [1.807, 2.05) is 78.9 Å². The molecule has 4 aromatic rings. The predicted octanol–water partition coefficient (Wildman–Crippen LogP) is 7.58. The predicted molar refractivity (Wildman–Crippen MR) is 129 cm³/mol. The first-order chi connectivity index (χ1) is 14.8. The summed E-state index contributed by atoms with van der Waals surface area (Å²) in [7, 11) is 0. The van der Waals surface area contributed by atoms with E-state index in [-0.39, 0.29) is 5.41 Å². The fourth-order valence-corrected chi connectivity index (χ4v) is 5.36. The van der Waals surface area contributed by atoms with Gasteiger partial charge in [0, 0.05) is 21.0 Å². The lowest BCUT2D eigenvalue weighted by molar-refractivity contribution is 0.117. The molecule has 0 saturated heterocycles. The summed E-state index contributed by atoms with van der Waals surface area (Å²) in [6.07, 6.45) is 0. The maximum atomic E-state index is 12.6. The number of halogens is 2. The lowest BCUT2D eigenvalue weighted by Gasteiger charge is -2.45. The first kappa shape index (κ1) is 20.3. The molecule has 0 radical (unpaired) electrons.